The molecule has 146 valence electrons. The molecule has 3 amide bonds. The molecule has 2 aromatic heterocycles. The second-order valence-corrected chi connectivity index (χ2v) is 6.50. The summed E-state index contributed by atoms with van der Waals surface area (Å²) in [6, 6.07) is 9.89. The first-order chi connectivity index (χ1) is 14.0. The van der Waals surface area contributed by atoms with Crippen LogP contribution in [-0.4, -0.2) is 29.5 Å². The smallest absolute Gasteiger partial charge is 0.339 e. The number of nitrogens with two attached hydrogens (primary N) is 1. The molecule has 0 saturated heterocycles. The highest BCUT2D eigenvalue weighted by Gasteiger charge is 2.28. The number of hydrogen-bond donors (Lipinski definition) is 2. The van der Waals surface area contributed by atoms with Crippen LogP contribution in [0.4, 0.5) is 4.79 Å². The molecule has 1 aromatic carbocycles. The molecule has 8 heteroatoms. The third-order valence-corrected chi connectivity index (χ3v) is 4.60. The first kappa shape index (κ1) is 18.4. The van der Waals surface area contributed by atoms with Crippen molar-refractivity contribution in [2.24, 2.45) is 5.73 Å². The third kappa shape index (κ3) is 3.73. The Morgan fingerprint density at radius 1 is 1.17 bits per heavy atom. The van der Waals surface area contributed by atoms with E-state index in [0.29, 0.717) is 40.8 Å². The average molecular weight is 391 g/mol. The molecule has 3 aromatic rings. The van der Waals surface area contributed by atoms with E-state index in [9.17, 15) is 14.4 Å². The first-order valence-electron chi connectivity index (χ1n) is 8.95. The molecule has 0 aliphatic heterocycles. The molecule has 0 spiro atoms. The van der Waals surface area contributed by atoms with Gasteiger partial charge in [0.1, 0.15) is 5.76 Å². The molecule has 0 saturated carbocycles. The molecule has 1 aliphatic carbocycles. The van der Waals surface area contributed by atoms with Crippen LogP contribution < -0.4 is 11.1 Å². The lowest BCUT2D eigenvalue weighted by molar-refractivity contribution is -0.123. The molecule has 1 aliphatic rings. The van der Waals surface area contributed by atoms with Gasteiger partial charge < -0.3 is 14.9 Å². The second kappa shape index (κ2) is 7.59. The van der Waals surface area contributed by atoms with Crippen molar-refractivity contribution in [2.45, 2.75) is 12.8 Å². The number of urea groups is 1. The number of fused-ring (bicyclic) bond motifs is 2. The van der Waals surface area contributed by atoms with E-state index in [1.54, 1.807) is 18.4 Å². The molecule has 8 nitrogen and oxygen atoms in total. The van der Waals surface area contributed by atoms with Gasteiger partial charge in [0.25, 0.3) is 5.91 Å². The number of pyridine rings is 1. The van der Waals surface area contributed by atoms with Crippen molar-refractivity contribution < 1.29 is 23.5 Å². The van der Waals surface area contributed by atoms with E-state index in [-0.39, 0.29) is 0 Å². The summed E-state index contributed by atoms with van der Waals surface area (Å²) in [5, 5.41) is 2.51. The van der Waals surface area contributed by atoms with Crippen LogP contribution in [0.3, 0.4) is 0 Å². The monoisotopic (exact) mass is 391 g/mol. The number of carbonyl (C=O) groups is 3. The summed E-state index contributed by atoms with van der Waals surface area (Å²) in [7, 11) is 0. The Hall–Kier alpha value is -3.94. The van der Waals surface area contributed by atoms with Gasteiger partial charge in [-0.15, -0.1) is 0 Å². The van der Waals surface area contributed by atoms with Gasteiger partial charge in [-0.1, -0.05) is 18.2 Å². The molecule has 0 radical (unpaired) electrons. The fraction of sp³-hybridized carbons (Fsp3) is 0.143. The number of esters is 1. The van der Waals surface area contributed by atoms with E-state index in [0.717, 1.165) is 11.1 Å². The van der Waals surface area contributed by atoms with Gasteiger partial charge in [-0.05, 0) is 48.3 Å². The minimum Gasteiger partial charge on any atom is -0.465 e. The summed E-state index contributed by atoms with van der Waals surface area (Å²) in [6.07, 6.45) is 4.80. The van der Waals surface area contributed by atoms with Crippen LogP contribution in [-0.2, 0) is 16.0 Å². The lowest BCUT2D eigenvalue weighted by Crippen LogP contribution is -2.37. The predicted octanol–water partition coefficient (Wildman–Crippen LogP) is 2.67. The van der Waals surface area contributed by atoms with Crippen molar-refractivity contribution in [3.8, 4) is 0 Å². The minimum absolute atomic E-state index is 0.375. The highest BCUT2D eigenvalue weighted by molar-refractivity contribution is 6.07. The number of rotatable bonds is 4. The maximum Gasteiger partial charge on any atom is 0.339 e. The lowest BCUT2D eigenvalue weighted by atomic mass is 10.0. The van der Waals surface area contributed by atoms with Gasteiger partial charge in [0.05, 0.1) is 23.0 Å². The fourth-order valence-electron chi connectivity index (χ4n) is 3.43. The van der Waals surface area contributed by atoms with Gasteiger partial charge in [0, 0.05) is 5.39 Å². The van der Waals surface area contributed by atoms with Crippen LogP contribution in [0.1, 0.15) is 33.8 Å². The van der Waals surface area contributed by atoms with Crippen LogP contribution in [0, 0.1) is 0 Å². The lowest BCUT2D eigenvalue weighted by Gasteiger charge is -2.12. The van der Waals surface area contributed by atoms with Crippen molar-refractivity contribution >= 4 is 40.5 Å². The number of imide groups is 1. The number of nitrogens with one attached hydrogen (secondary N) is 1. The van der Waals surface area contributed by atoms with E-state index < -0.39 is 24.5 Å². The highest BCUT2D eigenvalue weighted by Crippen LogP contribution is 2.37. The molecule has 0 atom stereocenters. The zero-order valence-corrected chi connectivity index (χ0v) is 15.3. The van der Waals surface area contributed by atoms with Crippen molar-refractivity contribution in [1.29, 1.82) is 0 Å². The summed E-state index contributed by atoms with van der Waals surface area (Å²) < 4.78 is 10.5. The Balaban J connectivity index is 1.73. The Bertz CT molecular complexity index is 1150. The fourth-order valence-corrected chi connectivity index (χ4v) is 3.43. The molecular weight excluding hydrogens is 374 g/mol. The zero-order valence-electron chi connectivity index (χ0n) is 15.3. The van der Waals surface area contributed by atoms with E-state index in [4.69, 9.17) is 19.9 Å². The standard InChI is InChI=1S/C21H17N3O5/c22-21(27)24-17(25)11-29-20(26)18-14-5-1-2-6-16(14)23-19-12(7-8-15(18)19)10-13-4-3-9-28-13/h1-6,9-10H,7-8,11H2,(H3,22,24,25,27). The Labute approximate surface area is 165 Å². The second-order valence-electron chi connectivity index (χ2n) is 6.50. The molecule has 29 heavy (non-hydrogen) atoms. The number of allylic oxidation sites excluding steroid dienone is 1. The number of nitrogens with zero attached hydrogens (tertiary/aromatic N) is 1. The molecule has 0 fully saturated rings. The average Bonchev–Trinajstić information content (AvgIpc) is 3.34. The number of amides is 3. The van der Waals surface area contributed by atoms with Crippen LogP contribution in [0.25, 0.3) is 22.6 Å². The quantitative estimate of drug-likeness (QED) is 0.659. The van der Waals surface area contributed by atoms with Gasteiger partial charge in [0.2, 0.25) is 0 Å². The Morgan fingerprint density at radius 2 is 2.00 bits per heavy atom. The van der Waals surface area contributed by atoms with E-state index in [1.165, 1.54) is 0 Å². The van der Waals surface area contributed by atoms with Gasteiger partial charge >= 0.3 is 12.0 Å². The van der Waals surface area contributed by atoms with Gasteiger partial charge in [-0.3, -0.25) is 10.1 Å². The van der Waals surface area contributed by atoms with E-state index in [2.05, 4.69) is 0 Å². The van der Waals surface area contributed by atoms with Crippen LogP contribution in [0.2, 0.25) is 0 Å². The summed E-state index contributed by atoms with van der Waals surface area (Å²) in [4.78, 5) is 39.9. The Kier molecular flexibility index (Phi) is 4.82. The SMILES string of the molecule is NC(=O)NC(=O)COC(=O)c1c2c(nc3ccccc13)C(=Cc1ccco1)CC2. The number of para-hydroxylation sites is 1. The van der Waals surface area contributed by atoms with Crippen LogP contribution >= 0.6 is 0 Å². The van der Waals surface area contributed by atoms with Crippen molar-refractivity contribution in [2.75, 3.05) is 6.61 Å². The largest absolute Gasteiger partial charge is 0.465 e. The number of carbonyl (C=O) groups excluding carboxylic acids is 3. The molecule has 0 bridgehead atoms. The summed E-state index contributed by atoms with van der Waals surface area (Å²) in [5.41, 5.74) is 8.36. The molecule has 0 unspecified atom stereocenters. The highest BCUT2D eigenvalue weighted by atomic mass is 16.5. The van der Waals surface area contributed by atoms with Crippen molar-refractivity contribution in [3.63, 3.8) is 0 Å². The Morgan fingerprint density at radius 3 is 2.76 bits per heavy atom. The first-order valence-corrected chi connectivity index (χ1v) is 8.95. The summed E-state index contributed by atoms with van der Waals surface area (Å²) >= 11 is 0. The molecule has 3 N–H and O–H groups in total. The molecular formula is C21H17N3O5. The number of aromatic nitrogens is 1. The van der Waals surface area contributed by atoms with Crippen molar-refractivity contribution in [1.82, 2.24) is 10.3 Å². The molecule has 2 heterocycles. The number of ether oxygens (including phenoxy) is 1. The minimum atomic E-state index is -1.01. The van der Waals surface area contributed by atoms with Crippen LogP contribution in [0.5, 0.6) is 0 Å². The van der Waals surface area contributed by atoms with Gasteiger partial charge in [0.15, 0.2) is 6.61 Å². The number of benzene rings is 1. The maximum atomic E-state index is 12.8. The van der Waals surface area contributed by atoms with Crippen molar-refractivity contribution in [3.05, 3.63) is 65.2 Å². The third-order valence-electron chi connectivity index (χ3n) is 4.60. The van der Waals surface area contributed by atoms with E-state index >= 15 is 0 Å². The topological polar surface area (TPSA) is 125 Å². The number of furan rings is 1. The predicted molar refractivity (Wildman–Crippen MR) is 105 cm³/mol. The molecule has 4 rings (SSSR count). The maximum absolute atomic E-state index is 12.8. The van der Waals surface area contributed by atoms with Crippen LogP contribution in [0.15, 0.2) is 47.1 Å². The van der Waals surface area contributed by atoms with Gasteiger partial charge in [-0.25, -0.2) is 14.6 Å². The summed E-state index contributed by atoms with van der Waals surface area (Å²) in [5.74, 6) is -0.743. The van der Waals surface area contributed by atoms with E-state index in [1.807, 2.05) is 35.7 Å². The zero-order chi connectivity index (χ0) is 20.4. The number of primary amides is 1. The normalized spacial score (nSPS) is 14.0. The summed E-state index contributed by atoms with van der Waals surface area (Å²) in [6.45, 7) is -0.609. The van der Waals surface area contributed by atoms with Gasteiger partial charge in [-0.2, -0.15) is 0 Å². The number of hydrogen-bond acceptors (Lipinski definition) is 6.